The zero-order chi connectivity index (χ0) is 19.2. The minimum absolute atomic E-state index is 0.0914. The zero-order valence-electron chi connectivity index (χ0n) is 15.0. The molecule has 0 saturated carbocycles. The Balaban J connectivity index is 1.52. The predicted octanol–water partition coefficient (Wildman–Crippen LogP) is 4.74. The number of rotatable bonds is 6. The first-order valence-electron chi connectivity index (χ1n) is 8.33. The molecule has 0 atom stereocenters. The van der Waals surface area contributed by atoms with Gasteiger partial charge in [0.1, 0.15) is 0 Å². The molecule has 0 aliphatic carbocycles. The summed E-state index contributed by atoms with van der Waals surface area (Å²) in [6.45, 7) is 3.80. The number of hydrogen-bond acceptors (Lipinski definition) is 5. The Labute approximate surface area is 166 Å². The van der Waals surface area contributed by atoms with Gasteiger partial charge in [-0.25, -0.2) is 4.98 Å². The fourth-order valence-electron chi connectivity index (χ4n) is 2.38. The molecule has 0 radical (unpaired) electrons. The number of carbonyl (C=O) groups excluding carboxylic acids is 2. The number of amides is 2. The van der Waals surface area contributed by atoms with Crippen molar-refractivity contribution in [1.29, 1.82) is 0 Å². The van der Waals surface area contributed by atoms with Gasteiger partial charge in [0.05, 0.1) is 11.4 Å². The second kappa shape index (κ2) is 8.83. The van der Waals surface area contributed by atoms with Crippen LogP contribution in [0.25, 0.3) is 0 Å². The molecule has 7 heteroatoms. The van der Waals surface area contributed by atoms with Crippen LogP contribution in [0.5, 0.6) is 0 Å². The van der Waals surface area contributed by atoms with E-state index in [1.165, 1.54) is 23.1 Å². The van der Waals surface area contributed by atoms with Crippen LogP contribution in [0, 0.1) is 13.8 Å². The zero-order valence-corrected chi connectivity index (χ0v) is 16.6. The van der Waals surface area contributed by atoms with Gasteiger partial charge in [0.2, 0.25) is 5.91 Å². The third-order valence-corrected chi connectivity index (χ3v) is 5.62. The highest BCUT2D eigenvalue weighted by Crippen LogP contribution is 2.22. The summed E-state index contributed by atoms with van der Waals surface area (Å²) in [5, 5.41) is 8.19. The lowest BCUT2D eigenvalue weighted by atomic mass is 10.1. The molecule has 2 amide bonds. The summed E-state index contributed by atoms with van der Waals surface area (Å²) in [6, 6.07) is 14.9. The number of carbonyl (C=O) groups is 2. The van der Waals surface area contributed by atoms with Gasteiger partial charge in [-0.3, -0.25) is 9.59 Å². The predicted molar refractivity (Wildman–Crippen MR) is 112 cm³/mol. The first-order chi connectivity index (χ1) is 13.0. The Morgan fingerprint density at radius 3 is 2.44 bits per heavy atom. The van der Waals surface area contributed by atoms with Gasteiger partial charge in [0.15, 0.2) is 5.13 Å². The number of thioether (sulfide) groups is 1. The smallest absolute Gasteiger partial charge is 0.255 e. The fourth-order valence-corrected chi connectivity index (χ4v) is 3.78. The summed E-state index contributed by atoms with van der Waals surface area (Å²) in [5.74, 6) is 0.0750. The third kappa shape index (κ3) is 5.42. The van der Waals surface area contributed by atoms with E-state index in [0.717, 1.165) is 21.8 Å². The Morgan fingerprint density at radius 1 is 1.04 bits per heavy atom. The van der Waals surface area contributed by atoms with Crippen LogP contribution in [0.15, 0.2) is 58.8 Å². The monoisotopic (exact) mass is 397 g/mol. The van der Waals surface area contributed by atoms with Crippen molar-refractivity contribution in [1.82, 2.24) is 4.98 Å². The molecule has 3 rings (SSSR count). The molecule has 0 saturated heterocycles. The van der Waals surface area contributed by atoms with Gasteiger partial charge in [0, 0.05) is 21.5 Å². The average molecular weight is 398 g/mol. The molecule has 0 fully saturated rings. The summed E-state index contributed by atoms with van der Waals surface area (Å²) in [6.07, 6.45) is 0. The van der Waals surface area contributed by atoms with Crippen molar-refractivity contribution < 1.29 is 9.59 Å². The Bertz CT molecular complexity index is 952. The molecule has 0 aliphatic rings. The largest absolute Gasteiger partial charge is 0.322 e. The van der Waals surface area contributed by atoms with Crippen molar-refractivity contribution >= 4 is 45.7 Å². The molecule has 1 aromatic heterocycles. The standard InChI is InChI=1S/C20H19N3O2S2/c1-13-5-3-4-6-17(13)19(25)22-15-7-9-16(10-8-15)26-12-18(24)23-20-21-14(2)11-27-20/h3-11H,12H2,1-2H3,(H,22,25)(H,21,23,24). The van der Waals surface area contributed by atoms with Crippen LogP contribution in [0.2, 0.25) is 0 Å². The van der Waals surface area contributed by atoms with Crippen molar-refractivity contribution in [2.75, 3.05) is 16.4 Å². The third-order valence-electron chi connectivity index (χ3n) is 3.74. The quantitative estimate of drug-likeness (QED) is 0.589. The fraction of sp³-hybridized carbons (Fsp3) is 0.150. The van der Waals surface area contributed by atoms with E-state index in [1.54, 1.807) is 6.07 Å². The molecule has 0 spiro atoms. The Kier molecular flexibility index (Phi) is 6.26. The second-order valence-electron chi connectivity index (χ2n) is 5.92. The van der Waals surface area contributed by atoms with Gasteiger partial charge in [-0.15, -0.1) is 23.1 Å². The molecule has 0 bridgehead atoms. The highest BCUT2D eigenvalue weighted by atomic mass is 32.2. The van der Waals surface area contributed by atoms with E-state index >= 15 is 0 Å². The summed E-state index contributed by atoms with van der Waals surface area (Å²) >= 11 is 2.85. The van der Waals surface area contributed by atoms with Crippen LogP contribution in [0.4, 0.5) is 10.8 Å². The summed E-state index contributed by atoms with van der Waals surface area (Å²) in [4.78, 5) is 29.5. The first-order valence-corrected chi connectivity index (χ1v) is 10.2. The Hall–Kier alpha value is -2.64. The average Bonchev–Trinajstić information content (AvgIpc) is 3.06. The Morgan fingerprint density at radius 2 is 1.78 bits per heavy atom. The minimum atomic E-state index is -0.133. The lowest BCUT2D eigenvalue weighted by molar-refractivity contribution is -0.113. The topological polar surface area (TPSA) is 71.1 Å². The number of aryl methyl sites for hydroxylation is 2. The molecule has 138 valence electrons. The lowest BCUT2D eigenvalue weighted by Gasteiger charge is -2.08. The van der Waals surface area contributed by atoms with E-state index in [2.05, 4.69) is 15.6 Å². The lowest BCUT2D eigenvalue weighted by Crippen LogP contribution is -2.14. The molecule has 2 aromatic carbocycles. The number of benzene rings is 2. The summed E-state index contributed by atoms with van der Waals surface area (Å²) in [7, 11) is 0. The van der Waals surface area contributed by atoms with Gasteiger partial charge < -0.3 is 10.6 Å². The van der Waals surface area contributed by atoms with Gasteiger partial charge in [-0.05, 0) is 49.7 Å². The van der Waals surface area contributed by atoms with Crippen LogP contribution < -0.4 is 10.6 Å². The molecule has 0 aliphatic heterocycles. The van der Waals surface area contributed by atoms with Crippen LogP contribution in [-0.2, 0) is 4.79 Å². The molecule has 3 aromatic rings. The van der Waals surface area contributed by atoms with E-state index < -0.39 is 0 Å². The van der Waals surface area contributed by atoms with Gasteiger partial charge >= 0.3 is 0 Å². The van der Waals surface area contributed by atoms with Crippen LogP contribution in [-0.4, -0.2) is 22.6 Å². The maximum absolute atomic E-state index is 12.3. The van der Waals surface area contributed by atoms with Crippen molar-refractivity contribution in [3.05, 3.63) is 70.7 Å². The minimum Gasteiger partial charge on any atom is -0.322 e. The van der Waals surface area contributed by atoms with E-state index in [-0.39, 0.29) is 11.8 Å². The van der Waals surface area contributed by atoms with Crippen molar-refractivity contribution in [2.24, 2.45) is 0 Å². The number of thiazole rings is 1. The first kappa shape index (κ1) is 19.1. The molecular weight excluding hydrogens is 378 g/mol. The number of nitrogens with one attached hydrogen (secondary N) is 2. The maximum atomic E-state index is 12.3. The summed E-state index contributed by atoms with van der Waals surface area (Å²) < 4.78 is 0. The van der Waals surface area contributed by atoms with E-state index in [9.17, 15) is 9.59 Å². The highest BCUT2D eigenvalue weighted by molar-refractivity contribution is 8.00. The van der Waals surface area contributed by atoms with E-state index in [0.29, 0.717) is 16.4 Å². The van der Waals surface area contributed by atoms with Gasteiger partial charge in [0.25, 0.3) is 5.91 Å². The molecular formula is C20H19N3O2S2. The molecule has 2 N–H and O–H groups in total. The second-order valence-corrected chi connectivity index (χ2v) is 7.83. The van der Waals surface area contributed by atoms with Crippen molar-refractivity contribution in [2.45, 2.75) is 18.7 Å². The normalized spacial score (nSPS) is 10.4. The number of aromatic nitrogens is 1. The molecule has 1 heterocycles. The van der Waals surface area contributed by atoms with Crippen LogP contribution in [0.3, 0.4) is 0 Å². The SMILES string of the molecule is Cc1csc(NC(=O)CSc2ccc(NC(=O)c3ccccc3C)cc2)n1. The summed E-state index contributed by atoms with van der Waals surface area (Å²) in [5.41, 5.74) is 3.20. The van der Waals surface area contributed by atoms with E-state index in [4.69, 9.17) is 0 Å². The number of nitrogens with zero attached hydrogens (tertiary/aromatic N) is 1. The van der Waals surface area contributed by atoms with E-state index in [1.807, 2.05) is 61.7 Å². The van der Waals surface area contributed by atoms with Crippen molar-refractivity contribution in [3.8, 4) is 0 Å². The molecule has 0 unspecified atom stereocenters. The number of anilines is 2. The molecule has 5 nitrogen and oxygen atoms in total. The van der Waals surface area contributed by atoms with Gasteiger partial charge in [-0.2, -0.15) is 0 Å². The molecule has 27 heavy (non-hydrogen) atoms. The number of hydrogen-bond donors (Lipinski definition) is 2. The van der Waals surface area contributed by atoms with Crippen LogP contribution >= 0.6 is 23.1 Å². The highest BCUT2D eigenvalue weighted by Gasteiger charge is 2.09. The van der Waals surface area contributed by atoms with Crippen molar-refractivity contribution in [3.63, 3.8) is 0 Å². The van der Waals surface area contributed by atoms with Crippen LogP contribution in [0.1, 0.15) is 21.6 Å². The van der Waals surface area contributed by atoms with Gasteiger partial charge in [-0.1, -0.05) is 18.2 Å². The maximum Gasteiger partial charge on any atom is 0.255 e.